The molecule has 0 atom stereocenters. The predicted molar refractivity (Wildman–Crippen MR) is 54.1 cm³/mol. The zero-order chi connectivity index (χ0) is 9.10. The van der Waals surface area contributed by atoms with E-state index in [1.54, 1.807) is 0 Å². The molecule has 0 bridgehead atoms. The molecule has 0 spiro atoms. The Bertz CT molecular complexity index is 283. The Labute approximate surface area is 79.6 Å². The lowest BCUT2D eigenvalue weighted by Crippen LogP contribution is -2.25. The molecule has 1 heterocycles. The van der Waals surface area contributed by atoms with Crippen molar-refractivity contribution >= 4 is 5.69 Å². The van der Waals surface area contributed by atoms with E-state index in [0.29, 0.717) is 0 Å². The minimum Gasteiger partial charge on any atom is -0.297 e. The Morgan fingerprint density at radius 3 is 3.08 bits per heavy atom. The van der Waals surface area contributed by atoms with Gasteiger partial charge in [-0.25, -0.2) is 0 Å². The van der Waals surface area contributed by atoms with Crippen LogP contribution >= 0.6 is 0 Å². The first-order chi connectivity index (χ1) is 6.40. The van der Waals surface area contributed by atoms with Gasteiger partial charge in [-0.05, 0) is 18.2 Å². The van der Waals surface area contributed by atoms with Gasteiger partial charge in [-0.2, -0.15) is 0 Å². The summed E-state index contributed by atoms with van der Waals surface area (Å²) in [5.41, 5.74) is 2.54. The van der Waals surface area contributed by atoms with E-state index in [1.165, 1.54) is 11.3 Å². The van der Waals surface area contributed by atoms with E-state index < -0.39 is 0 Å². The van der Waals surface area contributed by atoms with Crippen LogP contribution in [0.25, 0.3) is 0 Å². The number of para-hydroxylation sites is 1. The van der Waals surface area contributed by atoms with Crippen LogP contribution in [0.2, 0.25) is 0 Å². The van der Waals surface area contributed by atoms with E-state index in [2.05, 4.69) is 41.4 Å². The summed E-state index contributed by atoms with van der Waals surface area (Å²) in [6.07, 6.45) is 0. The molecule has 0 unspecified atom stereocenters. The summed E-state index contributed by atoms with van der Waals surface area (Å²) in [6, 6.07) is 8.43. The highest BCUT2D eigenvalue weighted by Gasteiger charge is 2.11. The van der Waals surface area contributed by atoms with Crippen molar-refractivity contribution in [2.45, 2.75) is 13.5 Å². The fourth-order valence-corrected chi connectivity index (χ4v) is 1.70. The monoisotopic (exact) mass is 175 g/mol. The van der Waals surface area contributed by atoms with Crippen molar-refractivity contribution in [1.82, 2.24) is 10.2 Å². The summed E-state index contributed by atoms with van der Waals surface area (Å²) in [4.78, 5) is 2.43. The molecule has 1 radical (unpaired) electrons. The summed E-state index contributed by atoms with van der Waals surface area (Å²) in [6.45, 7) is 6.39. The van der Waals surface area contributed by atoms with Gasteiger partial charge in [0.1, 0.15) is 0 Å². The second-order valence-corrected chi connectivity index (χ2v) is 3.38. The Morgan fingerprint density at radius 1 is 1.38 bits per heavy atom. The normalized spacial score (nSPS) is 17.3. The third-order valence-corrected chi connectivity index (χ3v) is 2.53. The van der Waals surface area contributed by atoms with Gasteiger partial charge in [0.25, 0.3) is 0 Å². The number of nitrogens with zero attached hydrogens (tertiary/aromatic N) is 2. The highest BCUT2D eigenvalue weighted by Crippen LogP contribution is 2.19. The number of benzene rings is 1. The minimum absolute atomic E-state index is 0.935. The maximum atomic E-state index is 4.54. The van der Waals surface area contributed by atoms with Gasteiger partial charge in [0.2, 0.25) is 0 Å². The van der Waals surface area contributed by atoms with Gasteiger partial charge >= 0.3 is 0 Å². The molecular weight excluding hydrogens is 160 g/mol. The van der Waals surface area contributed by atoms with E-state index in [0.717, 1.165) is 26.2 Å². The molecule has 0 amide bonds. The van der Waals surface area contributed by atoms with Crippen molar-refractivity contribution in [2.24, 2.45) is 0 Å². The molecular formula is C11H15N2. The van der Waals surface area contributed by atoms with Gasteiger partial charge < -0.3 is 0 Å². The lowest BCUT2D eigenvalue weighted by Gasteiger charge is -2.16. The van der Waals surface area contributed by atoms with Crippen LogP contribution in [0.5, 0.6) is 0 Å². The van der Waals surface area contributed by atoms with E-state index >= 15 is 0 Å². The number of fused-ring (bicyclic) bond motifs is 1. The first-order valence-corrected chi connectivity index (χ1v) is 4.88. The average molecular weight is 175 g/mol. The van der Waals surface area contributed by atoms with E-state index in [9.17, 15) is 0 Å². The molecule has 2 heteroatoms. The molecule has 0 saturated heterocycles. The van der Waals surface area contributed by atoms with Gasteiger partial charge in [0.05, 0.1) is 12.2 Å². The number of rotatable bonds is 1. The SMILES string of the molecule is CCN1CC[N]c2ccccc2C1. The Kier molecular flexibility index (Phi) is 2.50. The molecule has 0 saturated carbocycles. The number of likely N-dealkylation sites (N-methyl/N-ethyl adjacent to an activating group) is 1. The van der Waals surface area contributed by atoms with Crippen LogP contribution in [0, 0.1) is 0 Å². The maximum Gasteiger partial charge on any atom is 0.0619 e. The van der Waals surface area contributed by atoms with Crippen molar-refractivity contribution in [2.75, 3.05) is 19.6 Å². The fraction of sp³-hybridized carbons (Fsp3) is 0.455. The molecule has 2 nitrogen and oxygen atoms in total. The Balaban J connectivity index is 2.23. The van der Waals surface area contributed by atoms with Crippen LogP contribution in [0.1, 0.15) is 12.5 Å². The van der Waals surface area contributed by atoms with Crippen molar-refractivity contribution in [3.8, 4) is 0 Å². The fourth-order valence-electron chi connectivity index (χ4n) is 1.70. The molecule has 2 rings (SSSR count). The first kappa shape index (κ1) is 8.57. The largest absolute Gasteiger partial charge is 0.297 e. The molecule has 0 aliphatic carbocycles. The predicted octanol–water partition coefficient (Wildman–Crippen LogP) is 1.76. The molecule has 0 aromatic heterocycles. The zero-order valence-corrected chi connectivity index (χ0v) is 8.03. The summed E-state index contributed by atoms with van der Waals surface area (Å²) in [5.74, 6) is 0. The van der Waals surface area contributed by atoms with Gasteiger partial charge in [-0.1, -0.05) is 25.1 Å². The molecule has 0 N–H and O–H groups in total. The average Bonchev–Trinajstić information content (AvgIpc) is 2.38. The summed E-state index contributed by atoms with van der Waals surface area (Å²) < 4.78 is 0. The quantitative estimate of drug-likeness (QED) is 0.635. The number of hydrogen-bond donors (Lipinski definition) is 0. The third kappa shape index (κ3) is 1.83. The van der Waals surface area contributed by atoms with Crippen molar-refractivity contribution in [3.05, 3.63) is 29.8 Å². The third-order valence-electron chi connectivity index (χ3n) is 2.53. The Hall–Kier alpha value is -1.02. The van der Waals surface area contributed by atoms with Crippen molar-refractivity contribution < 1.29 is 0 Å². The van der Waals surface area contributed by atoms with Crippen LogP contribution < -0.4 is 5.32 Å². The summed E-state index contributed by atoms with van der Waals surface area (Å²) in [7, 11) is 0. The molecule has 1 aliphatic heterocycles. The molecule has 13 heavy (non-hydrogen) atoms. The van der Waals surface area contributed by atoms with Crippen LogP contribution in [-0.2, 0) is 6.54 Å². The molecule has 1 aliphatic rings. The molecule has 1 aromatic rings. The van der Waals surface area contributed by atoms with Crippen molar-refractivity contribution in [3.63, 3.8) is 0 Å². The highest BCUT2D eigenvalue weighted by atomic mass is 15.1. The minimum atomic E-state index is 0.935. The van der Waals surface area contributed by atoms with Crippen LogP contribution in [-0.4, -0.2) is 24.5 Å². The van der Waals surface area contributed by atoms with E-state index in [1.807, 2.05) is 0 Å². The molecule has 69 valence electrons. The van der Waals surface area contributed by atoms with Gasteiger partial charge in [-0.3, -0.25) is 10.2 Å². The summed E-state index contributed by atoms with van der Waals surface area (Å²) >= 11 is 0. The second-order valence-electron chi connectivity index (χ2n) is 3.38. The smallest absolute Gasteiger partial charge is 0.0619 e. The first-order valence-electron chi connectivity index (χ1n) is 4.88. The molecule has 0 fully saturated rings. The summed E-state index contributed by atoms with van der Waals surface area (Å²) in [5, 5.41) is 4.54. The van der Waals surface area contributed by atoms with E-state index in [-0.39, 0.29) is 0 Å². The lowest BCUT2D eigenvalue weighted by molar-refractivity contribution is 0.291. The topological polar surface area (TPSA) is 17.3 Å². The van der Waals surface area contributed by atoms with Crippen LogP contribution in [0.4, 0.5) is 5.69 Å². The van der Waals surface area contributed by atoms with Crippen molar-refractivity contribution in [1.29, 1.82) is 0 Å². The van der Waals surface area contributed by atoms with Crippen LogP contribution in [0.15, 0.2) is 24.3 Å². The lowest BCUT2D eigenvalue weighted by atomic mass is 10.2. The molecule has 1 aromatic carbocycles. The van der Waals surface area contributed by atoms with Gasteiger partial charge in [-0.15, -0.1) is 0 Å². The highest BCUT2D eigenvalue weighted by molar-refractivity contribution is 5.45. The standard InChI is InChI=1S/C11H15N2/c1-2-13-8-7-12-11-6-4-3-5-10(11)9-13/h3-6H,2,7-9H2,1H3. The number of hydrogen-bond acceptors (Lipinski definition) is 1. The Morgan fingerprint density at radius 2 is 2.23 bits per heavy atom. The maximum absolute atomic E-state index is 4.54. The van der Waals surface area contributed by atoms with Gasteiger partial charge in [0, 0.05) is 13.1 Å². The van der Waals surface area contributed by atoms with E-state index in [4.69, 9.17) is 0 Å². The van der Waals surface area contributed by atoms with Gasteiger partial charge in [0.15, 0.2) is 0 Å². The van der Waals surface area contributed by atoms with Crippen LogP contribution in [0.3, 0.4) is 0 Å². The zero-order valence-electron chi connectivity index (χ0n) is 8.03. The second kappa shape index (κ2) is 3.79.